The Morgan fingerprint density at radius 3 is 0.443 bits per heavy atom. The predicted molar refractivity (Wildman–Crippen MR) is 394 cm³/mol. The quantitative estimate of drug-likeness (QED) is 0.0339. The summed E-state index contributed by atoms with van der Waals surface area (Å²) in [6.45, 7) is 9.34. The summed E-state index contributed by atoms with van der Waals surface area (Å²) in [6.07, 6.45) is 35.1. The van der Waals surface area contributed by atoms with Gasteiger partial charge in [-0.1, -0.05) is 302 Å². The average Bonchev–Trinajstić information content (AvgIpc) is 0.951. The molecule has 0 N–H and O–H groups in total. The number of rotatable bonds is 28. The minimum Gasteiger partial charge on any atom is -0.0654 e. The third kappa shape index (κ3) is 11.8. The number of benzene rings is 12. The Balaban J connectivity index is 1.20. The van der Waals surface area contributed by atoms with Crippen LogP contribution in [0, 0.1) is 0 Å². The van der Waals surface area contributed by atoms with E-state index in [0.717, 1.165) is 25.7 Å². The lowest BCUT2D eigenvalue weighted by Gasteiger charge is -2.18. The Morgan fingerprint density at radius 1 is 0.148 bits per heavy atom. The minimum atomic E-state index is 1.07. The van der Waals surface area contributed by atoms with Crippen molar-refractivity contribution in [2.45, 2.75) is 207 Å². The number of aryl methyl sites for hydroxylation is 4. The van der Waals surface area contributed by atoms with Crippen LogP contribution in [-0.4, -0.2) is 0 Å². The highest BCUT2D eigenvalue weighted by Crippen LogP contribution is 2.45. The van der Waals surface area contributed by atoms with Crippen LogP contribution in [-0.2, 0) is 25.7 Å². The van der Waals surface area contributed by atoms with Gasteiger partial charge in [0.1, 0.15) is 0 Å². The largest absolute Gasteiger partial charge is 0.0654 e. The summed E-state index contributed by atoms with van der Waals surface area (Å²) in [5.41, 5.74) is 6.06. The molecule has 0 radical (unpaired) electrons. The molecule has 88 heavy (non-hydrogen) atoms. The van der Waals surface area contributed by atoms with Crippen molar-refractivity contribution in [3.63, 3.8) is 0 Å². The van der Waals surface area contributed by atoms with E-state index in [1.165, 1.54) is 306 Å². The zero-order valence-corrected chi connectivity index (χ0v) is 54.0. The lowest BCUT2D eigenvalue weighted by atomic mass is 9.85. The molecule has 13 rings (SSSR count). The fourth-order valence-electron chi connectivity index (χ4n) is 16.3. The molecule has 0 spiro atoms. The Kier molecular flexibility index (Phi) is 19.0. The zero-order valence-electron chi connectivity index (χ0n) is 54.0. The number of hydrogen-bond acceptors (Lipinski definition) is 0. The SMILES string of the molecule is CCCCCCCCc1c2cccc3c2cc2c1cccc2c1cccc2c(CCCCCCCC)c4cccc(c4cc21)c1cccc2c(CCCCCCCC)c4cccc(c4cc21)c1cccc2c(CCCCCCCC)c4cccc3c4cc21. The zero-order chi connectivity index (χ0) is 59.8. The van der Waals surface area contributed by atoms with Gasteiger partial charge in [0, 0.05) is 0 Å². The molecule has 13 aromatic rings. The van der Waals surface area contributed by atoms with Gasteiger partial charge in [0.05, 0.1) is 0 Å². The maximum absolute atomic E-state index is 2.64. The van der Waals surface area contributed by atoms with Crippen molar-refractivity contribution in [3.8, 4) is 0 Å². The van der Waals surface area contributed by atoms with E-state index >= 15 is 0 Å². The van der Waals surface area contributed by atoms with Crippen molar-refractivity contribution < 1.29 is 0 Å². The van der Waals surface area contributed by atoms with Crippen molar-refractivity contribution in [1.82, 2.24) is 0 Å². The first-order valence-corrected chi connectivity index (χ1v) is 35.5. The van der Waals surface area contributed by atoms with Crippen LogP contribution in [0.2, 0.25) is 0 Å². The second-order valence-corrected chi connectivity index (χ2v) is 26.7. The van der Waals surface area contributed by atoms with Crippen molar-refractivity contribution in [3.05, 3.63) is 192 Å². The van der Waals surface area contributed by atoms with E-state index in [-0.39, 0.29) is 0 Å². The summed E-state index contributed by atoms with van der Waals surface area (Å²) in [5.74, 6) is 0. The molecule has 0 aliphatic carbocycles. The summed E-state index contributed by atoms with van der Waals surface area (Å²) < 4.78 is 0. The third-order valence-electron chi connectivity index (χ3n) is 20.9. The highest BCUT2D eigenvalue weighted by atomic mass is 14.2. The van der Waals surface area contributed by atoms with Gasteiger partial charge in [-0.05, 0) is 227 Å². The van der Waals surface area contributed by atoms with Gasteiger partial charge in [0.15, 0.2) is 0 Å². The number of unbranched alkanes of at least 4 members (excludes halogenated alkanes) is 20. The second kappa shape index (κ2) is 28.0. The van der Waals surface area contributed by atoms with E-state index in [4.69, 9.17) is 0 Å². The van der Waals surface area contributed by atoms with Gasteiger partial charge in [-0.3, -0.25) is 0 Å². The highest BCUT2D eigenvalue weighted by Gasteiger charge is 2.20. The normalized spacial score (nSPS) is 12.2. The van der Waals surface area contributed by atoms with Gasteiger partial charge in [0.2, 0.25) is 0 Å². The van der Waals surface area contributed by atoms with Gasteiger partial charge in [0.25, 0.3) is 0 Å². The van der Waals surface area contributed by atoms with Crippen LogP contribution in [0.25, 0.3) is 129 Å². The first-order valence-electron chi connectivity index (χ1n) is 35.5. The number of hydrogen-bond donors (Lipinski definition) is 0. The van der Waals surface area contributed by atoms with Crippen molar-refractivity contribution >= 4 is 129 Å². The molecular weight excluding hydrogens is 1060 g/mol. The molecule has 8 bridgehead atoms. The maximum Gasteiger partial charge on any atom is -0.00958 e. The molecule has 0 heterocycles. The van der Waals surface area contributed by atoms with E-state index < -0.39 is 0 Å². The lowest BCUT2D eigenvalue weighted by molar-refractivity contribution is 0.609. The fraction of sp³-hybridized carbons (Fsp3) is 0.364. The van der Waals surface area contributed by atoms with Gasteiger partial charge in [-0.15, -0.1) is 0 Å². The van der Waals surface area contributed by atoms with Gasteiger partial charge >= 0.3 is 0 Å². The summed E-state index contributed by atoms with van der Waals surface area (Å²) in [6, 6.07) is 69.1. The molecule has 0 heteroatoms. The molecule has 0 atom stereocenters. The summed E-state index contributed by atoms with van der Waals surface area (Å²) in [5, 5.41) is 33.1. The monoisotopic (exact) mass is 1150 g/mol. The molecule has 0 aliphatic rings. The molecule has 0 aromatic heterocycles. The van der Waals surface area contributed by atoms with E-state index in [1.54, 1.807) is 0 Å². The van der Waals surface area contributed by atoms with Crippen LogP contribution in [0.5, 0.6) is 0 Å². The second-order valence-electron chi connectivity index (χ2n) is 26.7. The van der Waals surface area contributed by atoms with Gasteiger partial charge in [-0.2, -0.15) is 0 Å². The standard InChI is InChI=1S/C88H96/c1-5-9-13-17-21-25-37-61-65-41-29-49-73-75-51-31-43-67-62(38-26-22-18-14-10-6-2)69-45-33-53-77(85(69)58-83(67)75)79-55-35-47-71-64(40-28-24-20-16-12-8-4)72-48-36-56-80(88(72)60-87(71)79)78-54-34-46-70-63(39-27-23-19-15-11-7-3)68-44-32-52-76(84(68)59-86(70)78)74-50-30-42-66(61)82(74)57-81(65)73/h29-36,41-60H,5-28,37-40H2,1-4H3. The molecule has 0 amide bonds. The van der Waals surface area contributed by atoms with E-state index in [1.807, 2.05) is 0 Å². The summed E-state index contributed by atoms with van der Waals surface area (Å²) >= 11 is 0. The minimum absolute atomic E-state index is 1.07. The Bertz CT molecular complexity index is 3830. The van der Waals surface area contributed by atoms with E-state index in [2.05, 4.69) is 198 Å². The first-order chi connectivity index (χ1) is 43.6. The van der Waals surface area contributed by atoms with Gasteiger partial charge in [-0.25, -0.2) is 0 Å². The molecule has 0 saturated carbocycles. The van der Waals surface area contributed by atoms with Crippen LogP contribution in [0.1, 0.15) is 204 Å². The van der Waals surface area contributed by atoms with Crippen LogP contribution in [0.4, 0.5) is 0 Å². The Morgan fingerprint density at radius 2 is 0.284 bits per heavy atom. The highest BCUT2D eigenvalue weighted by molar-refractivity contribution is 6.29. The first kappa shape index (κ1) is 59.7. The summed E-state index contributed by atoms with van der Waals surface area (Å²) in [4.78, 5) is 0. The van der Waals surface area contributed by atoms with Crippen molar-refractivity contribution in [2.24, 2.45) is 0 Å². The Labute approximate surface area is 525 Å². The molecule has 0 aliphatic heterocycles. The van der Waals surface area contributed by atoms with Crippen molar-refractivity contribution in [1.29, 1.82) is 0 Å². The molecule has 0 unspecified atom stereocenters. The van der Waals surface area contributed by atoms with Crippen molar-refractivity contribution in [2.75, 3.05) is 0 Å². The lowest BCUT2D eigenvalue weighted by Crippen LogP contribution is -1.95. The van der Waals surface area contributed by atoms with E-state index in [9.17, 15) is 0 Å². The maximum atomic E-state index is 2.64. The van der Waals surface area contributed by atoms with Crippen LogP contribution in [0.15, 0.2) is 170 Å². The molecular formula is C88H96. The topological polar surface area (TPSA) is 0 Å². The summed E-state index contributed by atoms with van der Waals surface area (Å²) in [7, 11) is 0. The van der Waals surface area contributed by atoms with Crippen LogP contribution < -0.4 is 0 Å². The van der Waals surface area contributed by atoms with Crippen LogP contribution >= 0.6 is 0 Å². The Hall–Kier alpha value is -7.28. The van der Waals surface area contributed by atoms with E-state index in [0.29, 0.717) is 0 Å². The molecule has 0 nitrogen and oxygen atoms in total. The molecule has 448 valence electrons. The predicted octanol–water partition coefficient (Wildman–Crippen LogP) is 27.7. The molecule has 0 fully saturated rings. The smallest absolute Gasteiger partial charge is 0.00958 e. The average molecular weight is 1150 g/mol. The fourth-order valence-corrected chi connectivity index (χ4v) is 16.3. The van der Waals surface area contributed by atoms with Gasteiger partial charge < -0.3 is 0 Å². The number of fused-ring (bicyclic) bond motifs is 4. The molecule has 0 saturated heterocycles. The van der Waals surface area contributed by atoms with Crippen LogP contribution in [0.3, 0.4) is 0 Å². The third-order valence-corrected chi connectivity index (χ3v) is 20.9. The molecule has 13 aromatic carbocycles.